The molecule has 144 valence electrons. The number of rotatable bonds is 5. The lowest BCUT2D eigenvalue weighted by Gasteiger charge is -2.19. The van der Waals surface area contributed by atoms with Crippen molar-refractivity contribution in [1.29, 1.82) is 0 Å². The number of fused-ring (bicyclic) bond motifs is 1. The zero-order valence-corrected chi connectivity index (χ0v) is 16.8. The number of anilines is 1. The molecule has 3 aromatic rings. The van der Waals surface area contributed by atoms with E-state index in [1.807, 2.05) is 0 Å². The fraction of sp³-hybridized carbons (Fsp3) is 0.158. The highest BCUT2D eigenvalue weighted by Gasteiger charge is 2.18. The first-order chi connectivity index (χ1) is 13.6. The number of carbonyl (C=O) groups is 2. The van der Waals surface area contributed by atoms with Crippen LogP contribution in [0.4, 0.5) is 5.00 Å². The van der Waals surface area contributed by atoms with E-state index >= 15 is 0 Å². The van der Waals surface area contributed by atoms with E-state index in [1.165, 1.54) is 6.26 Å². The maximum atomic E-state index is 12.3. The molecule has 1 aliphatic rings. The van der Waals surface area contributed by atoms with Crippen LogP contribution in [-0.4, -0.2) is 25.1 Å². The topological polar surface area (TPSA) is 87.0 Å². The Labute approximate surface area is 172 Å². The van der Waals surface area contributed by atoms with Crippen LogP contribution in [0.5, 0.6) is 11.5 Å². The normalized spacial score (nSPS) is 12.5. The number of halogens is 1. The van der Waals surface area contributed by atoms with E-state index in [4.69, 9.17) is 18.6 Å². The molecule has 0 saturated heterocycles. The van der Waals surface area contributed by atoms with Gasteiger partial charge in [-0.1, -0.05) is 15.9 Å². The van der Waals surface area contributed by atoms with Gasteiger partial charge in [0.25, 0.3) is 5.91 Å². The third kappa shape index (κ3) is 4.05. The van der Waals surface area contributed by atoms with Gasteiger partial charge in [-0.2, -0.15) is 0 Å². The lowest BCUT2D eigenvalue weighted by molar-refractivity contribution is 0.0477. The Bertz CT molecular complexity index is 1010. The summed E-state index contributed by atoms with van der Waals surface area (Å²) in [5.74, 6) is 0.612. The molecule has 0 spiro atoms. The second-order valence-electron chi connectivity index (χ2n) is 5.76. The zero-order valence-electron chi connectivity index (χ0n) is 14.4. The van der Waals surface area contributed by atoms with Crippen LogP contribution in [0.3, 0.4) is 0 Å². The largest absolute Gasteiger partial charge is 0.486 e. The molecule has 9 heteroatoms. The van der Waals surface area contributed by atoms with Gasteiger partial charge in [0.1, 0.15) is 24.7 Å². The maximum absolute atomic E-state index is 12.3. The van der Waals surface area contributed by atoms with E-state index in [1.54, 1.807) is 36.4 Å². The van der Waals surface area contributed by atoms with E-state index < -0.39 is 5.97 Å². The predicted molar refractivity (Wildman–Crippen MR) is 105 cm³/mol. The molecule has 7 nitrogen and oxygen atoms in total. The van der Waals surface area contributed by atoms with Crippen molar-refractivity contribution in [3.8, 4) is 11.5 Å². The lowest BCUT2D eigenvalue weighted by Crippen LogP contribution is -2.15. The average Bonchev–Trinajstić information content (AvgIpc) is 3.38. The summed E-state index contributed by atoms with van der Waals surface area (Å²) in [4.78, 5) is 24.7. The highest BCUT2D eigenvalue weighted by Crippen LogP contribution is 2.36. The van der Waals surface area contributed by atoms with E-state index in [2.05, 4.69) is 21.2 Å². The molecule has 28 heavy (non-hydrogen) atoms. The van der Waals surface area contributed by atoms with Crippen molar-refractivity contribution in [3.63, 3.8) is 0 Å². The average molecular weight is 464 g/mol. The number of amides is 1. The molecule has 1 aliphatic heterocycles. The molecule has 3 heterocycles. The number of furan rings is 1. The van der Waals surface area contributed by atoms with Crippen LogP contribution in [0.25, 0.3) is 0 Å². The number of hydrogen-bond acceptors (Lipinski definition) is 7. The predicted octanol–water partition coefficient (Wildman–Crippen LogP) is 4.48. The van der Waals surface area contributed by atoms with Gasteiger partial charge in [0, 0.05) is 10.0 Å². The molecule has 0 saturated carbocycles. The number of thiophene rings is 1. The van der Waals surface area contributed by atoms with Crippen LogP contribution in [0, 0.1) is 0 Å². The van der Waals surface area contributed by atoms with Crippen molar-refractivity contribution in [2.75, 3.05) is 18.5 Å². The smallest absolute Gasteiger partial charge is 0.348 e. The molecule has 2 aromatic heterocycles. The number of ether oxygens (including phenoxy) is 3. The molecule has 4 rings (SSSR count). The fourth-order valence-corrected chi connectivity index (χ4v) is 3.76. The summed E-state index contributed by atoms with van der Waals surface area (Å²) in [6, 6.07) is 10.0. The number of nitrogens with one attached hydrogen (secondary N) is 1. The Hall–Kier alpha value is -2.78. The second-order valence-corrected chi connectivity index (χ2v) is 7.70. The van der Waals surface area contributed by atoms with Crippen LogP contribution in [0.15, 0.2) is 51.6 Å². The maximum Gasteiger partial charge on any atom is 0.348 e. The van der Waals surface area contributed by atoms with Gasteiger partial charge in [-0.15, -0.1) is 11.3 Å². The van der Waals surface area contributed by atoms with E-state index in [0.29, 0.717) is 34.6 Å². The van der Waals surface area contributed by atoms with Crippen molar-refractivity contribution in [1.82, 2.24) is 0 Å². The minimum atomic E-state index is -0.481. The monoisotopic (exact) mass is 463 g/mol. The molecule has 0 fully saturated rings. The zero-order chi connectivity index (χ0) is 19.5. The Morgan fingerprint density at radius 3 is 2.68 bits per heavy atom. The van der Waals surface area contributed by atoms with Gasteiger partial charge in [-0.05, 0) is 36.4 Å². The summed E-state index contributed by atoms with van der Waals surface area (Å²) in [7, 11) is 0. The quantitative estimate of drug-likeness (QED) is 0.561. The summed E-state index contributed by atoms with van der Waals surface area (Å²) in [5, 5.41) is 3.20. The molecule has 0 unspecified atom stereocenters. The third-order valence-electron chi connectivity index (χ3n) is 3.86. The minimum Gasteiger partial charge on any atom is -0.486 e. The molecule has 0 aliphatic carbocycles. The first-order valence-corrected chi connectivity index (χ1v) is 9.91. The van der Waals surface area contributed by atoms with Gasteiger partial charge < -0.3 is 23.9 Å². The summed E-state index contributed by atoms with van der Waals surface area (Å²) < 4.78 is 22.3. The first-order valence-electron chi connectivity index (χ1n) is 8.30. The van der Waals surface area contributed by atoms with Gasteiger partial charge >= 0.3 is 5.97 Å². The second kappa shape index (κ2) is 8.07. The van der Waals surface area contributed by atoms with Gasteiger partial charge in [0.2, 0.25) is 0 Å². The van der Waals surface area contributed by atoms with Crippen LogP contribution in [0.2, 0.25) is 0 Å². The number of benzene rings is 1. The van der Waals surface area contributed by atoms with Gasteiger partial charge in [-0.25, -0.2) is 4.79 Å². The van der Waals surface area contributed by atoms with E-state index in [0.717, 1.165) is 21.4 Å². The van der Waals surface area contributed by atoms with Gasteiger partial charge in [0.15, 0.2) is 17.3 Å². The molecule has 1 N–H and O–H groups in total. The molecule has 0 radical (unpaired) electrons. The van der Waals surface area contributed by atoms with Gasteiger partial charge in [-0.3, -0.25) is 4.79 Å². The van der Waals surface area contributed by atoms with Crippen molar-refractivity contribution < 1.29 is 28.2 Å². The molecule has 0 bridgehead atoms. The highest BCUT2D eigenvalue weighted by atomic mass is 79.9. The van der Waals surface area contributed by atoms with Crippen molar-refractivity contribution in [2.45, 2.75) is 6.61 Å². The van der Waals surface area contributed by atoms with Crippen LogP contribution in [-0.2, 0) is 11.3 Å². The van der Waals surface area contributed by atoms with Crippen LogP contribution in [0.1, 0.15) is 25.8 Å². The third-order valence-corrected chi connectivity index (χ3v) is 5.58. The van der Waals surface area contributed by atoms with Crippen molar-refractivity contribution in [2.24, 2.45) is 0 Å². The molecule has 1 amide bonds. The Balaban J connectivity index is 1.38. The molecule has 1 aromatic carbocycles. The minimum absolute atomic E-state index is 0.0715. The number of carbonyl (C=O) groups excluding carboxylic acids is 2. The summed E-state index contributed by atoms with van der Waals surface area (Å²) >= 11 is 4.58. The Morgan fingerprint density at radius 1 is 1.14 bits per heavy atom. The number of hydrogen-bond donors (Lipinski definition) is 1. The van der Waals surface area contributed by atoms with Gasteiger partial charge in [0.05, 0.1) is 11.3 Å². The summed E-state index contributed by atoms with van der Waals surface area (Å²) in [6.07, 6.45) is 1.42. The standard InChI is InChI=1S/C19H14BrNO6S/c20-12-9-15-14(25-6-7-26-15)8-11(12)10-27-19(23)16-3-4-17(28-16)21-18(22)13-2-1-5-24-13/h1-5,8-9H,6-7,10H2,(H,21,22). The molecular weight excluding hydrogens is 450 g/mol. The lowest BCUT2D eigenvalue weighted by atomic mass is 10.2. The van der Waals surface area contributed by atoms with Crippen LogP contribution < -0.4 is 14.8 Å². The van der Waals surface area contributed by atoms with Crippen molar-refractivity contribution >= 4 is 44.1 Å². The fourth-order valence-electron chi connectivity index (χ4n) is 2.53. The number of esters is 1. The first kappa shape index (κ1) is 18.6. The molecular formula is C19H14BrNO6S. The highest BCUT2D eigenvalue weighted by molar-refractivity contribution is 9.10. The van der Waals surface area contributed by atoms with E-state index in [-0.39, 0.29) is 18.3 Å². The van der Waals surface area contributed by atoms with E-state index in [9.17, 15) is 9.59 Å². The Morgan fingerprint density at radius 2 is 1.93 bits per heavy atom. The van der Waals surface area contributed by atoms with Crippen molar-refractivity contribution in [3.05, 3.63) is 63.3 Å². The SMILES string of the molecule is O=C(Nc1ccc(C(=O)OCc2cc3c(cc2Br)OCCO3)s1)c1ccco1. The Kier molecular flexibility index (Phi) is 5.36. The van der Waals surface area contributed by atoms with Crippen LogP contribution >= 0.6 is 27.3 Å². The summed E-state index contributed by atoms with van der Waals surface area (Å²) in [6.45, 7) is 1.06. The molecule has 0 atom stereocenters. The summed E-state index contributed by atoms with van der Waals surface area (Å²) in [5.41, 5.74) is 0.764.